The van der Waals surface area contributed by atoms with Gasteiger partial charge in [-0.25, -0.2) is 9.29 Å². The minimum absolute atomic E-state index is 0.337. The van der Waals surface area contributed by atoms with E-state index in [0.29, 0.717) is 61.2 Å². The molecule has 0 unspecified atom stereocenters. The van der Waals surface area contributed by atoms with Crippen LogP contribution in [0.15, 0.2) is 54.2 Å². The molecule has 0 atom stereocenters. The lowest BCUT2D eigenvalue weighted by molar-refractivity contribution is -0.121. The lowest BCUT2D eigenvalue weighted by Crippen LogP contribution is -2.40. The maximum absolute atomic E-state index is 13.3. The Hall–Kier alpha value is -3.19. The second-order valence-electron chi connectivity index (χ2n) is 6.70. The maximum atomic E-state index is 13.3. The van der Waals surface area contributed by atoms with E-state index < -0.39 is 17.6 Å². The van der Waals surface area contributed by atoms with E-state index in [2.05, 4.69) is 0 Å². The standard InChI is InChI=1S/C22H21FN2O4/c1-2-29-18-9-3-15(4-10-18)19-20(24-11-13-28-14-12-24)22(27)25(21(19)26)17-7-5-16(23)6-8-17/h3-10H,2,11-14H2,1H3. The van der Waals surface area contributed by atoms with Gasteiger partial charge in [-0.05, 0) is 48.9 Å². The second kappa shape index (κ2) is 8.05. The van der Waals surface area contributed by atoms with Crippen LogP contribution < -0.4 is 9.64 Å². The van der Waals surface area contributed by atoms with Crippen LogP contribution in [0.3, 0.4) is 0 Å². The molecule has 0 aromatic heterocycles. The molecule has 2 aliphatic heterocycles. The summed E-state index contributed by atoms with van der Waals surface area (Å²) in [6, 6.07) is 12.5. The zero-order chi connectivity index (χ0) is 20.4. The molecule has 2 aromatic rings. The highest BCUT2D eigenvalue weighted by Crippen LogP contribution is 2.35. The lowest BCUT2D eigenvalue weighted by Gasteiger charge is -2.29. The molecule has 0 spiro atoms. The number of imide groups is 1. The molecule has 0 saturated carbocycles. The van der Waals surface area contributed by atoms with Crippen molar-refractivity contribution in [1.29, 1.82) is 0 Å². The van der Waals surface area contributed by atoms with E-state index in [4.69, 9.17) is 9.47 Å². The van der Waals surface area contributed by atoms with E-state index in [1.165, 1.54) is 24.3 Å². The molecule has 0 bridgehead atoms. The third-order valence-corrected chi connectivity index (χ3v) is 4.93. The van der Waals surface area contributed by atoms with E-state index in [-0.39, 0.29) is 0 Å². The quantitative estimate of drug-likeness (QED) is 0.728. The van der Waals surface area contributed by atoms with Gasteiger partial charge in [0.25, 0.3) is 11.8 Å². The predicted molar refractivity (Wildman–Crippen MR) is 106 cm³/mol. The molecule has 2 aliphatic rings. The Bertz CT molecular complexity index is 948. The van der Waals surface area contributed by atoms with Gasteiger partial charge in [-0.2, -0.15) is 0 Å². The van der Waals surface area contributed by atoms with Crippen LogP contribution in [0.4, 0.5) is 10.1 Å². The summed E-state index contributed by atoms with van der Waals surface area (Å²) in [5.74, 6) is -0.572. The second-order valence-corrected chi connectivity index (χ2v) is 6.70. The topological polar surface area (TPSA) is 59.1 Å². The number of benzene rings is 2. The van der Waals surface area contributed by atoms with Crippen LogP contribution in [0.25, 0.3) is 5.57 Å². The summed E-state index contributed by atoms with van der Waals surface area (Å²) in [4.78, 5) is 29.6. The largest absolute Gasteiger partial charge is 0.494 e. The monoisotopic (exact) mass is 396 g/mol. The number of carbonyl (C=O) groups excluding carboxylic acids is 2. The first-order chi connectivity index (χ1) is 14.1. The summed E-state index contributed by atoms with van der Waals surface area (Å²) < 4.78 is 24.2. The minimum atomic E-state index is -0.430. The zero-order valence-corrected chi connectivity index (χ0v) is 16.1. The summed E-state index contributed by atoms with van der Waals surface area (Å²) in [7, 11) is 0. The van der Waals surface area contributed by atoms with Crippen molar-refractivity contribution in [2.75, 3.05) is 37.8 Å². The first kappa shape index (κ1) is 19.1. The SMILES string of the molecule is CCOc1ccc(C2=C(N3CCOCC3)C(=O)N(c3ccc(F)cc3)C2=O)cc1. The van der Waals surface area contributed by atoms with Gasteiger partial charge in [-0.15, -0.1) is 0 Å². The molecule has 1 saturated heterocycles. The number of carbonyl (C=O) groups is 2. The normalized spacial score (nSPS) is 17.3. The fourth-order valence-corrected chi connectivity index (χ4v) is 3.57. The highest BCUT2D eigenvalue weighted by atomic mass is 19.1. The molecule has 2 heterocycles. The molecular weight excluding hydrogens is 375 g/mol. The van der Waals surface area contributed by atoms with Gasteiger partial charge in [-0.3, -0.25) is 9.59 Å². The molecular formula is C22H21FN2O4. The summed E-state index contributed by atoms with van der Waals surface area (Å²) in [5.41, 5.74) is 1.67. The number of halogens is 1. The molecule has 0 N–H and O–H groups in total. The molecule has 2 aromatic carbocycles. The van der Waals surface area contributed by atoms with Crippen molar-refractivity contribution in [3.05, 3.63) is 65.6 Å². The molecule has 150 valence electrons. The average molecular weight is 396 g/mol. The average Bonchev–Trinajstić information content (AvgIpc) is 3.00. The van der Waals surface area contributed by atoms with E-state index in [9.17, 15) is 14.0 Å². The fraction of sp³-hybridized carbons (Fsp3) is 0.273. The third kappa shape index (κ3) is 3.61. The van der Waals surface area contributed by atoms with Crippen LogP contribution in [-0.4, -0.2) is 49.6 Å². The van der Waals surface area contributed by atoms with E-state index in [1.807, 2.05) is 11.8 Å². The van der Waals surface area contributed by atoms with E-state index in [0.717, 1.165) is 4.90 Å². The smallest absolute Gasteiger partial charge is 0.282 e. The summed E-state index contributed by atoms with van der Waals surface area (Å²) in [6.07, 6.45) is 0. The van der Waals surface area contributed by atoms with Crippen LogP contribution >= 0.6 is 0 Å². The third-order valence-electron chi connectivity index (χ3n) is 4.93. The summed E-state index contributed by atoms with van der Waals surface area (Å²) in [5, 5.41) is 0. The minimum Gasteiger partial charge on any atom is -0.494 e. The number of morpholine rings is 1. The molecule has 0 aliphatic carbocycles. The Morgan fingerprint density at radius 1 is 0.966 bits per heavy atom. The van der Waals surface area contributed by atoms with Crippen molar-refractivity contribution in [1.82, 2.24) is 4.90 Å². The van der Waals surface area contributed by atoms with Crippen molar-refractivity contribution in [3.8, 4) is 5.75 Å². The zero-order valence-electron chi connectivity index (χ0n) is 16.1. The van der Waals surface area contributed by atoms with E-state index >= 15 is 0 Å². The van der Waals surface area contributed by atoms with Crippen LogP contribution in [0.5, 0.6) is 5.75 Å². The number of amides is 2. The van der Waals surface area contributed by atoms with Gasteiger partial charge in [0, 0.05) is 13.1 Å². The highest BCUT2D eigenvalue weighted by Gasteiger charge is 2.42. The van der Waals surface area contributed by atoms with Gasteiger partial charge in [0.15, 0.2) is 0 Å². The summed E-state index contributed by atoms with van der Waals surface area (Å²) in [6.45, 7) is 4.44. The number of nitrogens with zero attached hydrogens (tertiary/aromatic N) is 2. The number of hydrogen-bond donors (Lipinski definition) is 0. The lowest BCUT2D eigenvalue weighted by atomic mass is 10.0. The molecule has 29 heavy (non-hydrogen) atoms. The van der Waals surface area contributed by atoms with Gasteiger partial charge < -0.3 is 14.4 Å². The number of anilines is 1. The van der Waals surface area contributed by atoms with Crippen LogP contribution in [0, 0.1) is 5.82 Å². The number of rotatable bonds is 5. The molecule has 7 heteroatoms. The maximum Gasteiger partial charge on any atom is 0.282 e. The summed E-state index contributed by atoms with van der Waals surface area (Å²) >= 11 is 0. The van der Waals surface area contributed by atoms with Gasteiger partial charge >= 0.3 is 0 Å². The Kier molecular flexibility index (Phi) is 5.31. The highest BCUT2D eigenvalue weighted by molar-refractivity contribution is 6.45. The molecule has 4 rings (SSSR count). The van der Waals surface area contributed by atoms with Crippen molar-refractivity contribution in [2.45, 2.75) is 6.92 Å². The first-order valence-electron chi connectivity index (χ1n) is 9.54. The number of ether oxygens (including phenoxy) is 2. The molecule has 1 fully saturated rings. The van der Waals surface area contributed by atoms with Crippen molar-refractivity contribution < 1.29 is 23.5 Å². The Labute approximate surface area is 168 Å². The molecule has 2 amide bonds. The van der Waals surface area contributed by atoms with Gasteiger partial charge in [0.2, 0.25) is 0 Å². The fourth-order valence-electron chi connectivity index (χ4n) is 3.57. The van der Waals surface area contributed by atoms with E-state index in [1.54, 1.807) is 24.3 Å². The van der Waals surface area contributed by atoms with Crippen molar-refractivity contribution in [2.24, 2.45) is 0 Å². The molecule has 6 nitrogen and oxygen atoms in total. The van der Waals surface area contributed by atoms with Crippen LogP contribution in [-0.2, 0) is 14.3 Å². The first-order valence-corrected chi connectivity index (χ1v) is 9.54. The predicted octanol–water partition coefficient (Wildman–Crippen LogP) is 2.84. The Balaban J connectivity index is 1.77. The Morgan fingerprint density at radius 2 is 1.62 bits per heavy atom. The van der Waals surface area contributed by atoms with Gasteiger partial charge in [0.1, 0.15) is 17.3 Å². The van der Waals surface area contributed by atoms with Crippen molar-refractivity contribution in [3.63, 3.8) is 0 Å². The molecule has 0 radical (unpaired) electrons. The Morgan fingerprint density at radius 3 is 2.24 bits per heavy atom. The van der Waals surface area contributed by atoms with Crippen LogP contribution in [0.1, 0.15) is 12.5 Å². The van der Waals surface area contributed by atoms with Crippen LogP contribution in [0.2, 0.25) is 0 Å². The number of hydrogen-bond acceptors (Lipinski definition) is 5. The van der Waals surface area contributed by atoms with Gasteiger partial charge in [-0.1, -0.05) is 12.1 Å². The van der Waals surface area contributed by atoms with Gasteiger partial charge in [0.05, 0.1) is 31.1 Å². The van der Waals surface area contributed by atoms with Crippen molar-refractivity contribution >= 4 is 23.1 Å².